The Morgan fingerprint density at radius 3 is 2.76 bits per heavy atom. The third-order valence-electron chi connectivity index (χ3n) is 2.38. The normalized spacial score (nSPS) is 10.5. The number of phenols is 1. The molecular weight excluding hydrogens is 227 g/mol. The molecule has 0 saturated heterocycles. The highest BCUT2D eigenvalue weighted by Gasteiger charge is 2.17. The molecule has 1 aromatic carbocycles. The summed E-state index contributed by atoms with van der Waals surface area (Å²) in [6.45, 7) is 1.54. The van der Waals surface area contributed by atoms with E-state index in [1.807, 2.05) is 0 Å². The van der Waals surface area contributed by atoms with E-state index in [0.717, 1.165) is 0 Å². The lowest BCUT2D eigenvalue weighted by Gasteiger charge is -2.04. The summed E-state index contributed by atoms with van der Waals surface area (Å²) in [6.07, 6.45) is 0. The van der Waals surface area contributed by atoms with Crippen LogP contribution in [0.5, 0.6) is 5.75 Å². The number of halogens is 1. The van der Waals surface area contributed by atoms with Crippen molar-refractivity contribution in [3.63, 3.8) is 0 Å². The van der Waals surface area contributed by atoms with Gasteiger partial charge in [0.25, 0.3) is 0 Å². The molecule has 2 aromatic rings. The van der Waals surface area contributed by atoms with Crippen molar-refractivity contribution >= 4 is 5.97 Å². The van der Waals surface area contributed by atoms with Crippen molar-refractivity contribution in [1.82, 2.24) is 10.2 Å². The van der Waals surface area contributed by atoms with Crippen LogP contribution in [0, 0.1) is 12.7 Å². The van der Waals surface area contributed by atoms with E-state index in [2.05, 4.69) is 10.2 Å². The molecule has 0 aliphatic rings. The zero-order chi connectivity index (χ0) is 12.6. The number of benzene rings is 1. The standard InChI is InChI=1S/C11H9FN2O3/c1-5-2-3-8(15)9(10(5)12)6-4-7(11(16)17)14-13-6/h2-4,15H,1H3,(H,13,14)(H,16,17). The smallest absolute Gasteiger partial charge is 0.353 e. The molecule has 88 valence electrons. The second kappa shape index (κ2) is 3.89. The van der Waals surface area contributed by atoms with Crippen LogP contribution in [0.4, 0.5) is 4.39 Å². The van der Waals surface area contributed by atoms with Gasteiger partial charge in [0.1, 0.15) is 17.3 Å². The van der Waals surface area contributed by atoms with Gasteiger partial charge in [-0.25, -0.2) is 9.18 Å². The van der Waals surface area contributed by atoms with Gasteiger partial charge in [-0.2, -0.15) is 5.10 Å². The number of hydrogen-bond acceptors (Lipinski definition) is 3. The average molecular weight is 236 g/mol. The van der Waals surface area contributed by atoms with E-state index < -0.39 is 11.8 Å². The number of aromatic hydroxyl groups is 1. The second-order valence-corrected chi connectivity index (χ2v) is 3.56. The first-order valence-electron chi connectivity index (χ1n) is 4.78. The Morgan fingerprint density at radius 1 is 1.47 bits per heavy atom. The zero-order valence-corrected chi connectivity index (χ0v) is 8.86. The van der Waals surface area contributed by atoms with E-state index in [0.29, 0.717) is 5.56 Å². The lowest BCUT2D eigenvalue weighted by Crippen LogP contribution is -1.95. The molecule has 2 rings (SSSR count). The van der Waals surface area contributed by atoms with Crippen LogP contribution in [0.1, 0.15) is 16.1 Å². The summed E-state index contributed by atoms with van der Waals surface area (Å²) < 4.78 is 13.8. The molecule has 0 unspecified atom stereocenters. The number of hydrogen-bond donors (Lipinski definition) is 3. The Bertz CT molecular complexity index is 592. The number of H-pyrrole nitrogens is 1. The molecule has 0 fully saturated rings. The van der Waals surface area contributed by atoms with Gasteiger partial charge in [0.05, 0.1) is 11.3 Å². The van der Waals surface area contributed by atoms with Crippen molar-refractivity contribution in [3.8, 4) is 17.0 Å². The van der Waals surface area contributed by atoms with E-state index in [9.17, 15) is 14.3 Å². The molecule has 3 N–H and O–H groups in total. The van der Waals surface area contributed by atoms with Crippen molar-refractivity contribution in [2.24, 2.45) is 0 Å². The minimum atomic E-state index is -1.20. The van der Waals surface area contributed by atoms with Gasteiger partial charge in [-0.3, -0.25) is 5.10 Å². The average Bonchev–Trinajstić information content (AvgIpc) is 2.73. The molecule has 0 atom stereocenters. The molecule has 0 aliphatic heterocycles. The van der Waals surface area contributed by atoms with Gasteiger partial charge in [0, 0.05) is 0 Å². The van der Waals surface area contributed by atoms with E-state index in [1.165, 1.54) is 18.2 Å². The predicted molar refractivity (Wildman–Crippen MR) is 57.3 cm³/mol. The summed E-state index contributed by atoms with van der Waals surface area (Å²) in [4.78, 5) is 10.7. The highest BCUT2D eigenvalue weighted by molar-refractivity contribution is 5.87. The molecule has 0 bridgehead atoms. The Hall–Kier alpha value is -2.37. The number of aromatic nitrogens is 2. The highest BCUT2D eigenvalue weighted by atomic mass is 19.1. The zero-order valence-electron chi connectivity index (χ0n) is 8.86. The first-order valence-corrected chi connectivity index (χ1v) is 4.78. The van der Waals surface area contributed by atoms with Crippen LogP contribution in [-0.2, 0) is 0 Å². The summed E-state index contributed by atoms with van der Waals surface area (Å²) in [6, 6.07) is 3.93. The number of carboxylic acid groups (broad SMARTS) is 1. The van der Waals surface area contributed by atoms with Crippen LogP contribution in [0.2, 0.25) is 0 Å². The van der Waals surface area contributed by atoms with Gasteiger partial charge in [-0.05, 0) is 24.6 Å². The molecule has 1 heterocycles. The molecule has 0 amide bonds. The Balaban J connectivity index is 2.60. The number of nitrogens with zero attached hydrogens (tertiary/aromatic N) is 1. The molecule has 17 heavy (non-hydrogen) atoms. The van der Waals surface area contributed by atoms with Gasteiger partial charge >= 0.3 is 5.97 Å². The fourth-order valence-corrected chi connectivity index (χ4v) is 1.47. The fourth-order valence-electron chi connectivity index (χ4n) is 1.47. The maximum Gasteiger partial charge on any atom is 0.353 e. The SMILES string of the molecule is Cc1ccc(O)c(-c2cc(C(=O)O)[nH]n2)c1F. The lowest BCUT2D eigenvalue weighted by atomic mass is 10.1. The molecule has 0 saturated carbocycles. The van der Waals surface area contributed by atoms with E-state index in [-0.39, 0.29) is 22.7 Å². The molecule has 1 aromatic heterocycles. The minimum absolute atomic E-state index is 0.0566. The number of carbonyl (C=O) groups is 1. The molecule has 5 nitrogen and oxygen atoms in total. The Kier molecular flexibility index (Phi) is 2.55. The van der Waals surface area contributed by atoms with Crippen LogP contribution < -0.4 is 0 Å². The van der Waals surface area contributed by atoms with Crippen molar-refractivity contribution in [2.45, 2.75) is 6.92 Å². The topological polar surface area (TPSA) is 86.2 Å². The van der Waals surface area contributed by atoms with E-state index >= 15 is 0 Å². The van der Waals surface area contributed by atoms with Gasteiger partial charge in [0.2, 0.25) is 0 Å². The number of phenolic OH excluding ortho intramolecular Hbond substituents is 1. The number of aryl methyl sites for hydroxylation is 1. The molecule has 0 spiro atoms. The molecule has 0 radical (unpaired) electrons. The van der Waals surface area contributed by atoms with Crippen molar-refractivity contribution in [2.75, 3.05) is 0 Å². The first kappa shape index (κ1) is 11.1. The van der Waals surface area contributed by atoms with Gasteiger partial charge in [-0.1, -0.05) is 6.07 Å². The summed E-state index contributed by atoms with van der Waals surface area (Å²) in [5.74, 6) is -2.10. The monoisotopic (exact) mass is 236 g/mol. The molecular formula is C11H9FN2O3. The van der Waals surface area contributed by atoms with Gasteiger partial charge in [0.15, 0.2) is 0 Å². The maximum absolute atomic E-state index is 13.8. The van der Waals surface area contributed by atoms with Crippen molar-refractivity contribution in [1.29, 1.82) is 0 Å². The predicted octanol–water partition coefficient (Wildman–Crippen LogP) is 1.93. The summed E-state index contributed by atoms with van der Waals surface area (Å²) in [5, 5.41) is 24.2. The third-order valence-corrected chi connectivity index (χ3v) is 2.38. The van der Waals surface area contributed by atoms with E-state index in [4.69, 9.17) is 5.11 Å². The number of aromatic amines is 1. The second-order valence-electron chi connectivity index (χ2n) is 3.56. The van der Waals surface area contributed by atoms with Crippen LogP contribution in [0.25, 0.3) is 11.3 Å². The minimum Gasteiger partial charge on any atom is -0.507 e. The van der Waals surface area contributed by atoms with Gasteiger partial charge in [-0.15, -0.1) is 0 Å². The van der Waals surface area contributed by atoms with Gasteiger partial charge < -0.3 is 10.2 Å². The van der Waals surface area contributed by atoms with Crippen LogP contribution >= 0.6 is 0 Å². The Labute approximate surface area is 95.5 Å². The van der Waals surface area contributed by atoms with Crippen LogP contribution in [0.3, 0.4) is 0 Å². The van der Waals surface area contributed by atoms with E-state index in [1.54, 1.807) is 6.92 Å². The maximum atomic E-state index is 13.8. The quantitative estimate of drug-likeness (QED) is 0.743. The number of rotatable bonds is 2. The number of aromatic carboxylic acids is 1. The molecule has 0 aliphatic carbocycles. The van der Waals surface area contributed by atoms with Crippen LogP contribution in [0.15, 0.2) is 18.2 Å². The number of nitrogens with one attached hydrogen (secondary N) is 1. The van der Waals surface area contributed by atoms with Crippen molar-refractivity contribution < 1.29 is 19.4 Å². The Morgan fingerprint density at radius 2 is 2.18 bits per heavy atom. The molecule has 6 heteroatoms. The fraction of sp³-hybridized carbons (Fsp3) is 0.0909. The highest BCUT2D eigenvalue weighted by Crippen LogP contribution is 2.32. The summed E-state index contributed by atoms with van der Waals surface area (Å²) in [5.41, 5.74) is 0.132. The first-order chi connectivity index (χ1) is 8.00. The van der Waals surface area contributed by atoms with Crippen molar-refractivity contribution in [3.05, 3.63) is 35.3 Å². The lowest BCUT2D eigenvalue weighted by molar-refractivity contribution is 0.0690. The third kappa shape index (κ3) is 1.84. The summed E-state index contributed by atoms with van der Waals surface area (Å²) >= 11 is 0. The number of carboxylic acids is 1. The van der Waals surface area contributed by atoms with Crippen LogP contribution in [-0.4, -0.2) is 26.4 Å². The summed E-state index contributed by atoms with van der Waals surface area (Å²) in [7, 11) is 0. The largest absolute Gasteiger partial charge is 0.507 e.